The lowest BCUT2D eigenvalue weighted by atomic mass is 9.96. The summed E-state index contributed by atoms with van der Waals surface area (Å²) in [7, 11) is 0. The number of nitrogen functional groups attached to an aromatic ring is 1. The number of nitrogens with zero attached hydrogens (tertiary/aromatic N) is 3. The van der Waals surface area contributed by atoms with E-state index < -0.39 is 24.0 Å². The summed E-state index contributed by atoms with van der Waals surface area (Å²) in [5.41, 5.74) is 4.51. The fraction of sp³-hybridized carbons (Fsp3) is 0.500. The second-order valence-corrected chi connectivity index (χ2v) is 5.11. The molecule has 2 aromatic heterocycles. The van der Waals surface area contributed by atoms with Crippen LogP contribution in [0.1, 0.15) is 13.2 Å². The summed E-state index contributed by atoms with van der Waals surface area (Å²) >= 11 is 0. The molecule has 5 N–H and O–H groups in total. The van der Waals surface area contributed by atoms with Crippen LogP contribution in [0.2, 0.25) is 0 Å². The zero-order valence-corrected chi connectivity index (χ0v) is 10.8. The lowest BCUT2D eigenvalue weighted by Crippen LogP contribution is -2.44. The lowest BCUT2D eigenvalue weighted by molar-refractivity contribution is -0.0948. The Kier molecular flexibility index (Phi) is 2.91. The van der Waals surface area contributed by atoms with E-state index in [2.05, 4.69) is 9.97 Å². The molecule has 8 heteroatoms. The average Bonchev–Trinajstić information content (AvgIpc) is 2.90. The minimum Gasteiger partial charge on any atom is -0.394 e. The van der Waals surface area contributed by atoms with Gasteiger partial charge < -0.3 is 30.4 Å². The number of hydrogen-bond donors (Lipinski definition) is 4. The number of anilines is 1. The minimum atomic E-state index is -1.56. The van der Waals surface area contributed by atoms with Gasteiger partial charge in [-0.05, 0) is 13.0 Å². The molecule has 1 aliphatic rings. The molecule has 108 valence electrons. The average molecular weight is 280 g/mol. The first-order valence-corrected chi connectivity index (χ1v) is 6.21. The third-order valence-electron chi connectivity index (χ3n) is 3.66. The van der Waals surface area contributed by atoms with E-state index in [-0.39, 0.29) is 12.6 Å². The maximum Gasteiger partial charge on any atom is 0.221 e. The van der Waals surface area contributed by atoms with E-state index in [0.29, 0.717) is 5.65 Å². The monoisotopic (exact) mass is 280 g/mol. The van der Waals surface area contributed by atoms with Crippen molar-refractivity contribution in [3.05, 3.63) is 18.5 Å². The van der Waals surface area contributed by atoms with Crippen LogP contribution in [0.5, 0.6) is 0 Å². The maximum absolute atomic E-state index is 10.4. The molecular formula is C12H16N4O4. The van der Waals surface area contributed by atoms with Crippen molar-refractivity contribution >= 4 is 17.0 Å². The quantitative estimate of drug-likeness (QED) is 0.556. The fourth-order valence-corrected chi connectivity index (χ4v) is 2.53. The van der Waals surface area contributed by atoms with Gasteiger partial charge in [0.05, 0.1) is 6.61 Å². The first-order chi connectivity index (χ1) is 9.45. The van der Waals surface area contributed by atoms with Gasteiger partial charge in [-0.1, -0.05) is 0 Å². The molecule has 1 aliphatic heterocycles. The predicted molar refractivity (Wildman–Crippen MR) is 69.6 cm³/mol. The molecule has 8 nitrogen and oxygen atoms in total. The SMILES string of the molecule is C[C@@]1(O)[C@H](O)[C@@H](CO)O[C@H]1n1ccc2cnc(N)nc21. The summed E-state index contributed by atoms with van der Waals surface area (Å²) in [6.45, 7) is 1.07. The molecule has 1 fully saturated rings. The molecule has 2 aromatic rings. The van der Waals surface area contributed by atoms with Crippen molar-refractivity contribution in [2.75, 3.05) is 12.3 Å². The van der Waals surface area contributed by atoms with E-state index in [1.807, 2.05) is 0 Å². The normalized spacial score (nSPS) is 33.9. The van der Waals surface area contributed by atoms with Crippen LogP contribution < -0.4 is 5.73 Å². The predicted octanol–water partition coefficient (Wildman–Crippen LogP) is -0.985. The van der Waals surface area contributed by atoms with Gasteiger partial charge in [0.25, 0.3) is 0 Å². The van der Waals surface area contributed by atoms with E-state index in [0.717, 1.165) is 5.39 Å². The second kappa shape index (κ2) is 4.38. The summed E-state index contributed by atoms with van der Waals surface area (Å²) in [5.74, 6) is 0.106. The summed E-state index contributed by atoms with van der Waals surface area (Å²) < 4.78 is 7.12. The van der Waals surface area contributed by atoms with Crippen molar-refractivity contribution < 1.29 is 20.1 Å². The molecule has 0 aliphatic carbocycles. The molecule has 0 unspecified atom stereocenters. The highest BCUT2D eigenvalue weighted by Gasteiger charge is 2.53. The fourth-order valence-electron chi connectivity index (χ4n) is 2.53. The van der Waals surface area contributed by atoms with Crippen molar-refractivity contribution in [2.45, 2.75) is 31.0 Å². The zero-order chi connectivity index (χ0) is 14.5. The smallest absolute Gasteiger partial charge is 0.221 e. The van der Waals surface area contributed by atoms with Crippen LogP contribution >= 0.6 is 0 Å². The summed E-state index contributed by atoms with van der Waals surface area (Å²) in [6.07, 6.45) is 0.310. The summed E-state index contributed by atoms with van der Waals surface area (Å²) in [4.78, 5) is 8.01. The third kappa shape index (κ3) is 1.77. The van der Waals surface area contributed by atoms with Crippen molar-refractivity contribution in [3.8, 4) is 0 Å². The Bertz CT molecular complexity index is 641. The number of fused-ring (bicyclic) bond motifs is 1. The molecule has 20 heavy (non-hydrogen) atoms. The molecule has 3 rings (SSSR count). The molecule has 0 saturated carbocycles. The van der Waals surface area contributed by atoms with E-state index in [4.69, 9.17) is 10.5 Å². The van der Waals surface area contributed by atoms with Gasteiger partial charge >= 0.3 is 0 Å². The Morgan fingerprint density at radius 2 is 2.30 bits per heavy atom. The highest BCUT2D eigenvalue weighted by Crippen LogP contribution is 2.39. The van der Waals surface area contributed by atoms with Gasteiger partial charge in [0.1, 0.15) is 23.5 Å². The highest BCUT2D eigenvalue weighted by molar-refractivity contribution is 5.76. The zero-order valence-electron chi connectivity index (χ0n) is 10.8. The first-order valence-electron chi connectivity index (χ1n) is 6.21. The largest absolute Gasteiger partial charge is 0.394 e. The molecule has 0 bridgehead atoms. The van der Waals surface area contributed by atoms with Crippen LogP contribution in [0.15, 0.2) is 18.5 Å². The Hall–Kier alpha value is -1.74. The van der Waals surface area contributed by atoms with Gasteiger partial charge in [-0.15, -0.1) is 0 Å². The standard InChI is InChI=1S/C12H16N4O4/c1-12(19)8(18)7(5-17)20-10(12)16-3-2-6-4-14-11(13)15-9(6)16/h2-4,7-8,10,17-19H,5H2,1H3,(H2,13,14,15)/t7-,8-,10-,12-/m1/s1. The number of nitrogens with two attached hydrogens (primary N) is 1. The number of aromatic nitrogens is 3. The number of hydrogen-bond acceptors (Lipinski definition) is 7. The molecule has 0 amide bonds. The number of aliphatic hydroxyl groups excluding tert-OH is 2. The topological polar surface area (TPSA) is 127 Å². The summed E-state index contributed by atoms with van der Waals surface area (Å²) in [6, 6.07) is 1.76. The van der Waals surface area contributed by atoms with Gasteiger partial charge in [0.2, 0.25) is 5.95 Å². The van der Waals surface area contributed by atoms with Gasteiger partial charge in [-0.2, -0.15) is 4.98 Å². The van der Waals surface area contributed by atoms with Crippen LogP contribution in [0, 0.1) is 0 Å². The Morgan fingerprint density at radius 3 is 2.95 bits per heavy atom. The van der Waals surface area contributed by atoms with Gasteiger partial charge in [0, 0.05) is 17.8 Å². The van der Waals surface area contributed by atoms with E-state index in [1.54, 1.807) is 23.0 Å². The van der Waals surface area contributed by atoms with E-state index >= 15 is 0 Å². The first kappa shape index (κ1) is 13.3. The minimum absolute atomic E-state index is 0.106. The lowest BCUT2D eigenvalue weighted by Gasteiger charge is -2.27. The van der Waals surface area contributed by atoms with Crippen molar-refractivity contribution in [2.24, 2.45) is 0 Å². The third-order valence-corrected chi connectivity index (χ3v) is 3.66. The van der Waals surface area contributed by atoms with Gasteiger partial charge in [-0.25, -0.2) is 4.98 Å². The van der Waals surface area contributed by atoms with E-state index in [9.17, 15) is 15.3 Å². The van der Waals surface area contributed by atoms with Crippen molar-refractivity contribution in [1.82, 2.24) is 14.5 Å². The molecule has 4 atom stereocenters. The van der Waals surface area contributed by atoms with E-state index in [1.165, 1.54) is 6.92 Å². The van der Waals surface area contributed by atoms with Crippen LogP contribution in [-0.4, -0.2) is 54.3 Å². The number of aliphatic hydroxyl groups is 3. The molecular weight excluding hydrogens is 264 g/mol. The van der Waals surface area contributed by atoms with Crippen molar-refractivity contribution in [1.29, 1.82) is 0 Å². The molecule has 3 heterocycles. The molecule has 1 saturated heterocycles. The van der Waals surface area contributed by atoms with Crippen LogP contribution in [0.4, 0.5) is 5.95 Å². The van der Waals surface area contributed by atoms with Crippen LogP contribution in [-0.2, 0) is 4.74 Å². The molecule has 0 aromatic carbocycles. The molecule has 0 spiro atoms. The van der Waals surface area contributed by atoms with Crippen LogP contribution in [0.3, 0.4) is 0 Å². The van der Waals surface area contributed by atoms with Crippen molar-refractivity contribution in [3.63, 3.8) is 0 Å². The van der Waals surface area contributed by atoms with Gasteiger partial charge in [-0.3, -0.25) is 0 Å². The van der Waals surface area contributed by atoms with Crippen LogP contribution in [0.25, 0.3) is 11.0 Å². The second-order valence-electron chi connectivity index (χ2n) is 5.11. The Morgan fingerprint density at radius 1 is 1.55 bits per heavy atom. The number of ether oxygens (including phenoxy) is 1. The number of rotatable bonds is 2. The maximum atomic E-state index is 10.4. The molecule has 0 radical (unpaired) electrons. The highest BCUT2D eigenvalue weighted by atomic mass is 16.6. The Balaban J connectivity index is 2.09. The van der Waals surface area contributed by atoms with Gasteiger partial charge in [0.15, 0.2) is 6.23 Å². The summed E-state index contributed by atoms with van der Waals surface area (Å²) in [5, 5.41) is 30.4. The Labute approximate surface area is 114 Å².